The van der Waals surface area contributed by atoms with Gasteiger partial charge < -0.3 is 14.9 Å². The van der Waals surface area contributed by atoms with Crippen LogP contribution >= 0.6 is 0 Å². The van der Waals surface area contributed by atoms with Crippen LogP contribution in [-0.2, 0) is 20.4 Å². The number of benzene rings is 2. The van der Waals surface area contributed by atoms with E-state index in [0.717, 1.165) is 5.56 Å². The van der Waals surface area contributed by atoms with E-state index in [0.29, 0.717) is 55.7 Å². The molecule has 0 unspecified atom stereocenters. The van der Waals surface area contributed by atoms with Crippen molar-refractivity contribution in [3.05, 3.63) is 59.7 Å². The van der Waals surface area contributed by atoms with Crippen LogP contribution in [0.5, 0.6) is 0 Å². The highest BCUT2D eigenvalue weighted by Crippen LogP contribution is 2.37. The summed E-state index contributed by atoms with van der Waals surface area (Å²) in [5, 5.41) is 10.0. The molecule has 0 radical (unpaired) electrons. The van der Waals surface area contributed by atoms with Gasteiger partial charge in [-0.1, -0.05) is 36.4 Å². The van der Waals surface area contributed by atoms with Gasteiger partial charge in [-0.2, -0.15) is 13.2 Å². The Balaban J connectivity index is 1.37. The first-order valence-corrected chi connectivity index (χ1v) is 13.4. The van der Waals surface area contributed by atoms with Crippen molar-refractivity contribution in [2.24, 2.45) is 0 Å². The van der Waals surface area contributed by atoms with Crippen molar-refractivity contribution in [2.45, 2.75) is 36.8 Å². The average Bonchev–Trinajstić information content (AvgIpc) is 3.60. The van der Waals surface area contributed by atoms with E-state index in [9.17, 15) is 36.3 Å². The van der Waals surface area contributed by atoms with Crippen LogP contribution in [0.15, 0.2) is 48.5 Å². The van der Waals surface area contributed by atoms with Crippen molar-refractivity contribution in [2.75, 3.05) is 31.9 Å². The lowest BCUT2D eigenvalue weighted by molar-refractivity contribution is -0.144. The van der Waals surface area contributed by atoms with Gasteiger partial charge in [-0.3, -0.25) is 9.59 Å². The summed E-state index contributed by atoms with van der Waals surface area (Å²) in [6.07, 6.45) is -4.95. The molecule has 2 fully saturated rings. The maximum absolute atomic E-state index is 12.9. The largest absolute Gasteiger partial charge is 0.390 e. The Morgan fingerprint density at radius 2 is 1.53 bits per heavy atom. The Hall–Kier alpha value is -2.92. The summed E-state index contributed by atoms with van der Waals surface area (Å²) in [4.78, 5) is 28.4. The molecule has 194 valence electrons. The molecule has 1 saturated heterocycles. The number of sulfone groups is 1. The van der Waals surface area contributed by atoms with Crippen LogP contribution in [-0.4, -0.2) is 78.8 Å². The second kappa shape index (κ2) is 9.85. The zero-order valence-corrected chi connectivity index (χ0v) is 20.3. The van der Waals surface area contributed by atoms with E-state index >= 15 is 0 Å². The van der Waals surface area contributed by atoms with Gasteiger partial charge in [-0.15, -0.1) is 0 Å². The molecule has 2 aliphatic rings. The van der Waals surface area contributed by atoms with Gasteiger partial charge in [0.05, 0.1) is 17.9 Å². The molecule has 0 bridgehead atoms. The third kappa shape index (κ3) is 6.44. The fourth-order valence-corrected chi connectivity index (χ4v) is 5.54. The SMILES string of the molecule is O=C(c1ccc(-c2cccc(CS(=O)(=O)CCC(F)(F)F)c2)cc1)N1CCN(C(=O)C2(O)CC2)CC1. The molecule has 1 saturated carbocycles. The number of hydrogen-bond acceptors (Lipinski definition) is 5. The predicted octanol–water partition coefficient (Wildman–Crippen LogP) is 3.03. The number of nitrogens with zero attached hydrogens (tertiary/aromatic N) is 2. The average molecular weight is 525 g/mol. The smallest absolute Gasteiger partial charge is 0.380 e. The number of halogens is 3. The van der Waals surface area contributed by atoms with E-state index in [1.807, 2.05) is 0 Å². The minimum atomic E-state index is -4.53. The van der Waals surface area contributed by atoms with Crippen molar-refractivity contribution in [3.8, 4) is 11.1 Å². The van der Waals surface area contributed by atoms with Crippen molar-refractivity contribution < 1.29 is 36.3 Å². The van der Waals surface area contributed by atoms with Crippen molar-refractivity contribution in [1.82, 2.24) is 9.80 Å². The summed E-state index contributed by atoms with van der Waals surface area (Å²) in [6.45, 7) is 1.47. The van der Waals surface area contributed by atoms with Crippen molar-refractivity contribution in [3.63, 3.8) is 0 Å². The first-order chi connectivity index (χ1) is 16.9. The molecule has 1 aliphatic carbocycles. The van der Waals surface area contributed by atoms with E-state index in [4.69, 9.17) is 0 Å². The predicted molar refractivity (Wildman–Crippen MR) is 127 cm³/mol. The minimum absolute atomic E-state index is 0.178. The number of amides is 2. The van der Waals surface area contributed by atoms with Crippen LogP contribution in [0.3, 0.4) is 0 Å². The van der Waals surface area contributed by atoms with Crippen molar-refractivity contribution >= 4 is 21.7 Å². The lowest BCUT2D eigenvalue weighted by Crippen LogP contribution is -2.53. The molecule has 2 amide bonds. The summed E-state index contributed by atoms with van der Waals surface area (Å²) in [5.74, 6) is -1.89. The zero-order chi connectivity index (χ0) is 26.1. The Morgan fingerprint density at radius 3 is 2.11 bits per heavy atom. The van der Waals surface area contributed by atoms with Gasteiger partial charge in [0.15, 0.2) is 9.84 Å². The normalized spacial score (nSPS) is 17.7. The number of hydrogen-bond donors (Lipinski definition) is 1. The number of aliphatic hydroxyl groups is 1. The molecule has 4 rings (SSSR count). The number of carbonyl (C=O) groups is 2. The highest BCUT2D eigenvalue weighted by atomic mass is 32.2. The van der Waals surface area contributed by atoms with Crippen LogP contribution in [0.2, 0.25) is 0 Å². The number of alkyl halides is 3. The molecule has 0 spiro atoms. The third-order valence-electron chi connectivity index (χ3n) is 6.45. The summed E-state index contributed by atoms with van der Waals surface area (Å²) < 4.78 is 61.4. The van der Waals surface area contributed by atoms with E-state index < -0.39 is 39.5 Å². The van der Waals surface area contributed by atoms with Gasteiger partial charge in [-0.25, -0.2) is 8.42 Å². The second-order valence-electron chi connectivity index (χ2n) is 9.35. The number of carbonyl (C=O) groups excluding carboxylic acids is 2. The van der Waals surface area contributed by atoms with Crippen LogP contribution in [0, 0.1) is 0 Å². The van der Waals surface area contributed by atoms with E-state index in [1.165, 1.54) is 0 Å². The molecular formula is C25H27F3N2O5S. The van der Waals surface area contributed by atoms with Gasteiger partial charge in [0.1, 0.15) is 5.60 Å². The van der Waals surface area contributed by atoms with E-state index in [1.54, 1.807) is 58.3 Å². The molecule has 36 heavy (non-hydrogen) atoms. The van der Waals surface area contributed by atoms with E-state index in [2.05, 4.69) is 0 Å². The lowest BCUT2D eigenvalue weighted by atomic mass is 10.0. The van der Waals surface area contributed by atoms with Crippen molar-refractivity contribution in [1.29, 1.82) is 0 Å². The van der Waals surface area contributed by atoms with Gasteiger partial charge in [0, 0.05) is 31.7 Å². The topological polar surface area (TPSA) is 95.0 Å². The molecule has 0 aromatic heterocycles. The lowest BCUT2D eigenvalue weighted by Gasteiger charge is -2.35. The fraction of sp³-hybridized carbons (Fsp3) is 0.440. The molecule has 0 atom stereocenters. The Labute approximate surface area is 207 Å². The molecule has 1 heterocycles. The highest BCUT2D eigenvalue weighted by molar-refractivity contribution is 7.90. The summed E-state index contributed by atoms with van der Waals surface area (Å²) in [5.41, 5.74) is 1.05. The van der Waals surface area contributed by atoms with Gasteiger partial charge >= 0.3 is 6.18 Å². The van der Waals surface area contributed by atoms with Crippen LogP contribution < -0.4 is 0 Å². The number of piperazine rings is 1. The molecule has 1 N–H and O–H groups in total. The molecule has 7 nitrogen and oxygen atoms in total. The first-order valence-electron chi connectivity index (χ1n) is 11.6. The van der Waals surface area contributed by atoms with Crippen LogP contribution in [0.1, 0.15) is 35.2 Å². The summed E-state index contributed by atoms with van der Waals surface area (Å²) >= 11 is 0. The second-order valence-corrected chi connectivity index (χ2v) is 11.5. The Bertz CT molecular complexity index is 1230. The monoisotopic (exact) mass is 524 g/mol. The molecule has 2 aromatic rings. The minimum Gasteiger partial charge on any atom is -0.380 e. The standard InChI is InChI=1S/C25H27F3N2O5S/c26-25(27,28)10-15-36(34,35)17-18-2-1-3-21(16-18)19-4-6-20(7-5-19)22(31)29-11-13-30(14-12-29)23(32)24(33)8-9-24/h1-7,16,33H,8-15,17H2. The quantitative estimate of drug-likeness (QED) is 0.601. The van der Waals surface area contributed by atoms with E-state index in [-0.39, 0.29) is 11.8 Å². The Kier molecular flexibility index (Phi) is 7.16. The number of rotatable bonds is 7. The first kappa shape index (κ1) is 26.2. The molecule has 2 aromatic carbocycles. The zero-order valence-electron chi connectivity index (χ0n) is 19.5. The highest BCUT2D eigenvalue weighted by Gasteiger charge is 2.50. The van der Waals surface area contributed by atoms with Gasteiger partial charge in [-0.05, 0) is 41.7 Å². The van der Waals surface area contributed by atoms with Crippen LogP contribution in [0.4, 0.5) is 13.2 Å². The summed E-state index contributed by atoms with van der Waals surface area (Å²) in [7, 11) is -3.92. The molecular weight excluding hydrogens is 497 g/mol. The van der Waals surface area contributed by atoms with Crippen LogP contribution in [0.25, 0.3) is 11.1 Å². The maximum Gasteiger partial charge on any atom is 0.390 e. The fourth-order valence-electron chi connectivity index (χ4n) is 4.17. The molecule has 11 heteroatoms. The Morgan fingerprint density at radius 1 is 0.917 bits per heavy atom. The summed E-state index contributed by atoms with van der Waals surface area (Å²) in [6, 6.07) is 13.4. The van der Waals surface area contributed by atoms with Gasteiger partial charge in [0.2, 0.25) is 0 Å². The third-order valence-corrected chi connectivity index (χ3v) is 8.05. The molecule has 1 aliphatic heterocycles. The maximum atomic E-state index is 12.9. The van der Waals surface area contributed by atoms with Gasteiger partial charge in [0.25, 0.3) is 11.8 Å².